The second-order valence-electron chi connectivity index (χ2n) is 3.24. The van der Waals surface area contributed by atoms with E-state index in [0.717, 1.165) is 12.8 Å². The summed E-state index contributed by atoms with van der Waals surface area (Å²) in [5.41, 5.74) is 0. The fourth-order valence-electron chi connectivity index (χ4n) is 0.741. The zero-order valence-electron chi connectivity index (χ0n) is 7.46. The predicted molar refractivity (Wildman–Crippen MR) is 44.1 cm³/mol. The third-order valence-electron chi connectivity index (χ3n) is 1.88. The smallest absolute Gasteiger partial charge is 0.0512 e. The third-order valence-corrected chi connectivity index (χ3v) is 1.88. The summed E-state index contributed by atoms with van der Waals surface area (Å²) in [7, 11) is 4.12. The summed E-state index contributed by atoms with van der Waals surface area (Å²) in [6, 6.07) is 0.578. The molecule has 10 heavy (non-hydrogen) atoms. The van der Waals surface area contributed by atoms with Gasteiger partial charge in [-0.15, -0.1) is 0 Å². The second kappa shape index (κ2) is 4.69. The number of aliphatic hydroxyl groups excluding tert-OH is 1. The third kappa shape index (κ3) is 4.77. The molecule has 0 rings (SSSR count). The Morgan fingerprint density at radius 1 is 1.20 bits per heavy atom. The van der Waals surface area contributed by atoms with E-state index >= 15 is 0 Å². The zero-order valence-corrected chi connectivity index (χ0v) is 7.46. The molecule has 0 fully saturated rings. The molecule has 0 spiro atoms. The largest absolute Gasteiger partial charge is 0.393 e. The first-order valence-electron chi connectivity index (χ1n) is 3.88. The van der Waals surface area contributed by atoms with Crippen LogP contribution in [-0.2, 0) is 0 Å². The standard InChI is InChI=1S/C8H19NO/c1-7(9(3)4)5-6-8(2)10/h7-8,10H,5-6H2,1-4H3/t7-,8-/m0/s1. The van der Waals surface area contributed by atoms with Crippen molar-refractivity contribution in [3.8, 4) is 0 Å². The van der Waals surface area contributed by atoms with E-state index in [1.807, 2.05) is 6.92 Å². The molecular weight excluding hydrogens is 126 g/mol. The summed E-state index contributed by atoms with van der Waals surface area (Å²) >= 11 is 0. The van der Waals surface area contributed by atoms with Gasteiger partial charge in [0.15, 0.2) is 0 Å². The van der Waals surface area contributed by atoms with Crippen molar-refractivity contribution in [2.24, 2.45) is 0 Å². The fraction of sp³-hybridized carbons (Fsp3) is 1.00. The highest BCUT2D eigenvalue weighted by atomic mass is 16.3. The predicted octanol–water partition coefficient (Wildman–Crippen LogP) is 1.10. The lowest BCUT2D eigenvalue weighted by Crippen LogP contribution is -2.25. The fourth-order valence-corrected chi connectivity index (χ4v) is 0.741. The first-order chi connectivity index (χ1) is 4.54. The van der Waals surface area contributed by atoms with E-state index < -0.39 is 0 Å². The van der Waals surface area contributed by atoms with Crippen molar-refractivity contribution in [3.63, 3.8) is 0 Å². The summed E-state index contributed by atoms with van der Waals surface area (Å²) in [5, 5.41) is 8.96. The van der Waals surface area contributed by atoms with Crippen molar-refractivity contribution in [1.29, 1.82) is 0 Å². The van der Waals surface area contributed by atoms with Gasteiger partial charge < -0.3 is 10.0 Å². The molecule has 0 amide bonds. The normalized spacial score (nSPS) is 17.4. The molecule has 0 aromatic rings. The monoisotopic (exact) mass is 145 g/mol. The number of hydrogen-bond donors (Lipinski definition) is 1. The van der Waals surface area contributed by atoms with Crippen molar-refractivity contribution in [3.05, 3.63) is 0 Å². The first-order valence-corrected chi connectivity index (χ1v) is 3.88. The number of aliphatic hydroxyl groups is 1. The Hall–Kier alpha value is -0.0800. The highest BCUT2D eigenvalue weighted by Crippen LogP contribution is 2.04. The van der Waals surface area contributed by atoms with Crippen LogP contribution in [0, 0.1) is 0 Å². The zero-order chi connectivity index (χ0) is 8.15. The number of nitrogens with zero attached hydrogens (tertiary/aromatic N) is 1. The van der Waals surface area contributed by atoms with Crippen molar-refractivity contribution < 1.29 is 5.11 Å². The molecule has 0 aliphatic carbocycles. The Kier molecular flexibility index (Phi) is 4.65. The van der Waals surface area contributed by atoms with Crippen LogP contribution in [0.3, 0.4) is 0 Å². The minimum absolute atomic E-state index is 0.151. The van der Waals surface area contributed by atoms with Gasteiger partial charge in [-0.1, -0.05) is 0 Å². The van der Waals surface area contributed by atoms with Crippen molar-refractivity contribution in [2.45, 2.75) is 38.8 Å². The topological polar surface area (TPSA) is 23.5 Å². The highest BCUT2D eigenvalue weighted by molar-refractivity contribution is 4.60. The molecule has 0 bridgehead atoms. The summed E-state index contributed by atoms with van der Waals surface area (Å²) < 4.78 is 0. The van der Waals surface area contributed by atoms with Crippen LogP contribution in [0.1, 0.15) is 26.7 Å². The van der Waals surface area contributed by atoms with Gasteiger partial charge in [0, 0.05) is 6.04 Å². The minimum Gasteiger partial charge on any atom is -0.393 e. The van der Waals surface area contributed by atoms with Gasteiger partial charge in [0.2, 0.25) is 0 Å². The molecule has 0 aliphatic heterocycles. The molecule has 0 heterocycles. The van der Waals surface area contributed by atoms with Crippen molar-refractivity contribution >= 4 is 0 Å². The molecule has 62 valence electrons. The molecule has 0 saturated heterocycles. The minimum atomic E-state index is -0.151. The molecule has 0 aromatic heterocycles. The van der Waals surface area contributed by atoms with Gasteiger partial charge in [-0.2, -0.15) is 0 Å². The molecule has 1 N–H and O–H groups in total. The Balaban J connectivity index is 3.30. The molecule has 2 atom stereocenters. The van der Waals surface area contributed by atoms with Gasteiger partial charge in [0.05, 0.1) is 6.10 Å². The molecule has 2 nitrogen and oxygen atoms in total. The van der Waals surface area contributed by atoms with Crippen LogP contribution in [0.5, 0.6) is 0 Å². The Bertz CT molecular complexity index is 81.3. The molecule has 0 radical (unpaired) electrons. The van der Waals surface area contributed by atoms with Gasteiger partial charge in [-0.3, -0.25) is 0 Å². The van der Waals surface area contributed by atoms with Gasteiger partial charge >= 0.3 is 0 Å². The Labute approximate surface area is 63.8 Å². The first kappa shape index (κ1) is 9.92. The second-order valence-corrected chi connectivity index (χ2v) is 3.24. The van der Waals surface area contributed by atoms with E-state index in [0.29, 0.717) is 6.04 Å². The summed E-state index contributed by atoms with van der Waals surface area (Å²) in [5.74, 6) is 0. The lowest BCUT2D eigenvalue weighted by Gasteiger charge is -2.19. The van der Waals surface area contributed by atoms with Gasteiger partial charge in [0.1, 0.15) is 0 Å². The maximum Gasteiger partial charge on any atom is 0.0512 e. The lowest BCUT2D eigenvalue weighted by atomic mass is 10.1. The average molecular weight is 145 g/mol. The molecule has 0 unspecified atom stereocenters. The Morgan fingerprint density at radius 3 is 2.00 bits per heavy atom. The molecular formula is C8H19NO. The number of rotatable bonds is 4. The number of hydrogen-bond acceptors (Lipinski definition) is 2. The van der Waals surface area contributed by atoms with Crippen LogP contribution in [0.25, 0.3) is 0 Å². The highest BCUT2D eigenvalue weighted by Gasteiger charge is 2.05. The van der Waals surface area contributed by atoms with Crippen LogP contribution >= 0.6 is 0 Å². The van der Waals surface area contributed by atoms with E-state index in [9.17, 15) is 0 Å². The van der Waals surface area contributed by atoms with E-state index in [-0.39, 0.29) is 6.10 Å². The van der Waals surface area contributed by atoms with Gasteiger partial charge in [-0.05, 0) is 40.8 Å². The SMILES string of the molecule is C[C@H](O)CC[C@H](C)N(C)C. The van der Waals surface area contributed by atoms with E-state index in [1.54, 1.807) is 0 Å². The van der Waals surface area contributed by atoms with Crippen molar-refractivity contribution in [2.75, 3.05) is 14.1 Å². The Morgan fingerprint density at radius 2 is 1.70 bits per heavy atom. The lowest BCUT2D eigenvalue weighted by molar-refractivity contribution is 0.165. The molecule has 0 saturated carbocycles. The van der Waals surface area contributed by atoms with Gasteiger partial charge in [0.25, 0.3) is 0 Å². The van der Waals surface area contributed by atoms with Crippen molar-refractivity contribution in [1.82, 2.24) is 4.90 Å². The summed E-state index contributed by atoms with van der Waals surface area (Å²) in [6.07, 6.45) is 1.83. The quantitative estimate of drug-likeness (QED) is 0.640. The van der Waals surface area contributed by atoms with Gasteiger partial charge in [-0.25, -0.2) is 0 Å². The average Bonchev–Trinajstić information content (AvgIpc) is 1.82. The summed E-state index contributed by atoms with van der Waals surface area (Å²) in [6.45, 7) is 4.00. The van der Waals surface area contributed by atoms with Crippen LogP contribution in [0.2, 0.25) is 0 Å². The molecule has 0 aliphatic rings. The van der Waals surface area contributed by atoms with Crippen LogP contribution in [0.15, 0.2) is 0 Å². The maximum absolute atomic E-state index is 8.96. The molecule has 0 aromatic carbocycles. The van der Waals surface area contributed by atoms with E-state index in [4.69, 9.17) is 5.11 Å². The van der Waals surface area contributed by atoms with E-state index in [2.05, 4.69) is 25.9 Å². The van der Waals surface area contributed by atoms with Crippen LogP contribution in [0.4, 0.5) is 0 Å². The summed E-state index contributed by atoms with van der Waals surface area (Å²) in [4.78, 5) is 2.17. The van der Waals surface area contributed by atoms with Crippen LogP contribution < -0.4 is 0 Å². The maximum atomic E-state index is 8.96. The molecule has 2 heteroatoms. The van der Waals surface area contributed by atoms with E-state index in [1.165, 1.54) is 0 Å². The van der Waals surface area contributed by atoms with Crippen LogP contribution in [-0.4, -0.2) is 36.2 Å².